The maximum absolute atomic E-state index is 14.3. The molecule has 1 atom stereocenters. The lowest BCUT2D eigenvalue weighted by molar-refractivity contribution is -0.136. The van der Waals surface area contributed by atoms with Crippen LogP contribution >= 0.6 is 27.3 Å². The van der Waals surface area contributed by atoms with Crippen LogP contribution in [0.5, 0.6) is 0 Å². The summed E-state index contributed by atoms with van der Waals surface area (Å²) in [7, 11) is 1.30. The molecule has 3 heterocycles. The number of aromatic nitrogens is 1. The van der Waals surface area contributed by atoms with Crippen LogP contribution in [0.1, 0.15) is 29.5 Å². The van der Waals surface area contributed by atoms with Crippen LogP contribution in [-0.4, -0.2) is 37.0 Å². The Kier molecular flexibility index (Phi) is 6.26. The molecule has 2 aromatic rings. The monoisotopic (exact) mass is 496 g/mol. The number of allylic oxidation sites excluding steroid dienone is 1. The van der Waals surface area contributed by atoms with Crippen molar-refractivity contribution in [2.45, 2.75) is 18.9 Å². The van der Waals surface area contributed by atoms with E-state index in [9.17, 15) is 13.6 Å². The summed E-state index contributed by atoms with van der Waals surface area (Å²) in [5.74, 6) is -2.00. The van der Waals surface area contributed by atoms with Crippen LogP contribution in [0.3, 0.4) is 0 Å². The van der Waals surface area contributed by atoms with Crippen LogP contribution in [0.4, 0.5) is 8.78 Å². The van der Waals surface area contributed by atoms with Crippen molar-refractivity contribution >= 4 is 39.1 Å². The summed E-state index contributed by atoms with van der Waals surface area (Å²) in [4.78, 5) is 21.9. The summed E-state index contributed by atoms with van der Waals surface area (Å²) in [6.07, 6.45) is 3.30. The molecule has 2 aliphatic rings. The Balaban J connectivity index is 1.91. The highest BCUT2D eigenvalue weighted by molar-refractivity contribution is 9.10. The molecule has 2 aliphatic heterocycles. The second kappa shape index (κ2) is 8.91. The first-order chi connectivity index (χ1) is 14.5. The Morgan fingerprint density at radius 2 is 2.07 bits per heavy atom. The normalized spacial score (nSPS) is 20.0. The largest absolute Gasteiger partial charge is 0.466 e. The van der Waals surface area contributed by atoms with Gasteiger partial charge in [0.1, 0.15) is 6.04 Å². The number of carbonyl (C=O) groups is 1. The molecule has 1 unspecified atom stereocenters. The lowest BCUT2D eigenvalue weighted by atomic mass is 9.86. The number of ether oxygens (including phenoxy) is 1. The Bertz CT molecular complexity index is 1020. The fraction of sp³-hybridized carbons (Fsp3) is 0.350. The third-order valence-electron chi connectivity index (χ3n) is 5.22. The van der Waals surface area contributed by atoms with Crippen LogP contribution in [0, 0.1) is 17.6 Å². The zero-order valence-electron chi connectivity index (χ0n) is 16.0. The highest BCUT2D eigenvalue weighted by Gasteiger charge is 2.37. The number of rotatable bonds is 4. The van der Waals surface area contributed by atoms with Crippen molar-refractivity contribution in [2.24, 2.45) is 10.9 Å². The van der Waals surface area contributed by atoms with Gasteiger partial charge >= 0.3 is 5.97 Å². The summed E-state index contributed by atoms with van der Waals surface area (Å²) in [5, 5.41) is 9.08. The second-order valence-corrected chi connectivity index (χ2v) is 8.64. The van der Waals surface area contributed by atoms with Crippen LogP contribution in [0.15, 0.2) is 44.4 Å². The number of nitrogens with zero attached hydrogens (tertiary/aromatic N) is 2. The standard InChI is InChI=1S/C20H19BrF2N4O2S/c1-29-20(28)13-16(10-4-6-24-7-5-10)26-18(19-25-8-9-30-19)27-17(13)11-2-3-12(22)15(23)14(11)21/h2-3,8-10,17,24H,4-7H2,1H3,(H,26,27). The summed E-state index contributed by atoms with van der Waals surface area (Å²) >= 11 is 4.55. The molecule has 30 heavy (non-hydrogen) atoms. The van der Waals surface area contributed by atoms with Crippen molar-refractivity contribution in [3.05, 3.63) is 61.7 Å². The van der Waals surface area contributed by atoms with Gasteiger partial charge in [0.05, 0.1) is 17.2 Å². The molecule has 0 amide bonds. The number of esters is 1. The molecule has 10 heteroatoms. The number of methoxy groups -OCH3 is 1. The van der Waals surface area contributed by atoms with Gasteiger partial charge in [-0.15, -0.1) is 11.3 Å². The molecule has 2 N–H and O–H groups in total. The van der Waals surface area contributed by atoms with Gasteiger partial charge in [-0.2, -0.15) is 0 Å². The molecule has 0 aliphatic carbocycles. The Morgan fingerprint density at radius 1 is 1.30 bits per heavy atom. The van der Waals surface area contributed by atoms with E-state index in [1.165, 1.54) is 24.5 Å². The Labute approximate surface area is 184 Å². The summed E-state index contributed by atoms with van der Waals surface area (Å²) in [6, 6.07) is 1.60. The average Bonchev–Trinajstić information content (AvgIpc) is 3.32. The first-order valence-corrected chi connectivity index (χ1v) is 11.1. The van der Waals surface area contributed by atoms with Gasteiger partial charge in [-0.25, -0.2) is 18.6 Å². The molecule has 6 nitrogen and oxygen atoms in total. The van der Waals surface area contributed by atoms with Gasteiger partial charge in [-0.3, -0.25) is 4.99 Å². The number of hydrogen-bond acceptors (Lipinski definition) is 7. The summed E-state index contributed by atoms with van der Waals surface area (Å²) < 4.78 is 33.1. The van der Waals surface area contributed by atoms with E-state index in [0.29, 0.717) is 27.7 Å². The summed E-state index contributed by atoms with van der Waals surface area (Å²) in [5.41, 5.74) is 1.35. The minimum atomic E-state index is -1.02. The zero-order valence-corrected chi connectivity index (χ0v) is 18.4. The number of aliphatic imine (C=N–C) groups is 1. The SMILES string of the molecule is COC(=O)C1=C(C2CCNCC2)NC(c2nccs2)=NC1c1ccc(F)c(F)c1Br. The van der Waals surface area contributed by atoms with Crippen molar-refractivity contribution in [1.29, 1.82) is 0 Å². The van der Waals surface area contributed by atoms with E-state index in [1.807, 2.05) is 5.38 Å². The lowest BCUT2D eigenvalue weighted by Gasteiger charge is -2.33. The van der Waals surface area contributed by atoms with Crippen LogP contribution in [-0.2, 0) is 9.53 Å². The lowest BCUT2D eigenvalue weighted by Crippen LogP contribution is -2.40. The fourth-order valence-corrected chi connectivity index (χ4v) is 4.88. The van der Waals surface area contributed by atoms with Gasteiger partial charge in [0.25, 0.3) is 0 Å². The molecular weight excluding hydrogens is 478 g/mol. The number of hydrogen-bond donors (Lipinski definition) is 2. The molecular formula is C20H19BrF2N4O2S. The highest BCUT2D eigenvalue weighted by atomic mass is 79.9. The van der Waals surface area contributed by atoms with Crippen LogP contribution < -0.4 is 10.6 Å². The molecule has 0 bridgehead atoms. The molecule has 1 aromatic carbocycles. The van der Waals surface area contributed by atoms with Crippen molar-refractivity contribution < 1.29 is 18.3 Å². The number of thiazole rings is 1. The maximum atomic E-state index is 14.3. The predicted octanol–water partition coefficient (Wildman–Crippen LogP) is 3.70. The first-order valence-electron chi connectivity index (χ1n) is 9.42. The third-order valence-corrected chi connectivity index (χ3v) is 6.81. The smallest absolute Gasteiger partial charge is 0.338 e. The van der Waals surface area contributed by atoms with Crippen molar-refractivity contribution in [3.8, 4) is 0 Å². The Hall–Kier alpha value is -2.17. The minimum Gasteiger partial charge on any atom is -0.466 e. The topological polar surface area (TPSA) is 75.6 Å². The van der Waals surface area contributed by atoms with E-state index in [0.717, 1.165) is 32.0 Å². The van der Waals surface area contributed by atoms with Crippen LogP contribution in [0.2, 0.25) is 0 Å². The number of carbonyl (C=O) groups excluding carboxylic acids is 1. The highest BCUT2D eigenvalue weighted by Crippen LogP contribution is 2.40. The van der Waals surface area contributed by atoms with Crippen molar-refractivity contribution in [2.75, 3.05) is 20.2 Å². The van der Waals surface area contributed by atoms with Crippen molar-refractivity contribution in [3.63, 3.8) is 0 Å². The fourth-order valence-electron chi connectivity index (χ4n) is 3.76. The van der Waals surface area contributed by atoms with Crippen molar-refractivity contribution in [1.82, 2.24) is 15.6 Å². The van der Waals surface area contributed by atoms with Gasteiger partial charge in [0.2, 0.25) is 0 Å². The molecule has 0 spiro atoms. The Morgan fingerprint density at radius 3 is 2.73 bits per heavy atom. The first kappa shape index (κ1) is 21.1. The number of benzene rings is 1. The molecule has 158 valence electrons. The maximum Gasteiger partial charge on any atom is 0.338 e. The van der Waals surface area contributed by atoms with E-state index in [4.69, 9.17) is 4.74 Å². The van der Waals surface area contributed by atoms with E-state index >= 15 is 0 Å². The van der Waals surface area contributed by atoms with E-state index in [1.54, 1.807) is 6.20 Å². The van der Waals surface area contributed by atoms with Gasteiger partial charge in [-0.05, 0) is 53.5 Å². The van der Waals surface area contributed by atoms with Gasteiger partial charge in [0, 0.05) is 23.2 Å². The van der Waals surface area contributed by atoms with Gasteiger partial charge < -0.3 is 15.4 Å². The number of nitrogens with one attached hydrogen (secondary N) is 2. The molecule has 4 rings (SSSR count). The molecule has 1 saturated heterocycles. The number of amidine groups is 1. The average molecular weight is 497 g/mol. The molecule has 1 fully saturated rings. The van der Waals surface area contributed by atoms with E-state index in [-0.39, 0.29) is 10.4 Å². The molecule has 0 radical (unpaired) electrons. The number of piperidine rings is 1. The second-order valence-electron chi connectivity index (χ2n) is 6.95. The molecule has 0 saturated carbocycles. The molecule has 1 aromatic heterocycles. The van der Waals surface area contributed by atoms with Crippen LogP contribution in [0.25, 0.3) is 0 Å². The van der Waals surface area contributed by atoms with E-state index < -0.39 is 23.6 Å². The van der Waals surface area contributed by atoms with Gasteiger partial charge in [-0.1, -0.05) is 6.07 Å². The summed E-state index contributed by atoms with van der Waals surface area (Å²) in [6.45, 7) is 1.63. The van der Waals surface area contributed by atoms with E-state index in [2.05, 4.69) is 36.5 Å². The third kappa shape index (κ3) is 3.91. The quantitative estimate of drug-likeness (QED) is 0.498. The number of halogens is 3. The zero-order chi connectivity index (χ0) is 21.3. The minimum absolute atomic E-state index is 0.0669. The predicted molar refractivity (Wildman–Crippen MR) is 113 cm³/mol. The van der Waals surface area contributed by atoms with Gasteiger partial charge in [0.15, 0.2) is 22.5 Å².